The van der Waals surface area contributed by atoms with Crippen LogP contribution in [0.5, 0.6) is 5.75 Å². The molecule has 1 atom stereocenters. The van der Waals surface area contributed by atoms with Gasteiger partial charge in [-0.05, 0) is 31.2 Å². The number of nitro groups is 1. The predicted molar refractivity (Wildman–Crippen MR) is 91.4 cm³/mol. The summed E-state index contributed by atoms with van der Waals surface area (Å²) in [7, 11) is 0. The number of anilines is 1. The smallest absolute Gasteiger partial charge is 0.312 e. The molecule has 26 heavy (non-hydrogen) atoms. The molecule has 0 spiro atoms. The second-order valence-corrected chi connectivity index (χ2v) is 5.77. The van der Waals surface area contributed by atoms with Gasteiger partial charge < -0.3 is 10.1 Å². The average Bonchev–Trinajstić information content (AvgIpc) is 3.00. The summed E-state index contributed by atoms with van der Waals surface area (Å²) >= 11 is 0. The maximum Gasteiger partial charge on any atom is 0.312 e. The van der Waals surface area contributed by atoms with Crippen LogP contribution in [0.1, 0.15) is 17.4 Å². The minimum Gasteiger partial charge on any atom is -0.479 e. The molecule has 0 saturated carbocycles. The third kappa shape index (κ3) is 2.29. The normalized spacial score (nSPS) is 15.9. The predicted octanol–water partition coefficient (Wildman–Crippen LogP) is 2.44. The number of hydrogen-bond donors (Lipinski definition) is 1. The summed E-state index contributed by atoms with van der Waals surface area (Å²) < 4.78 is 6.88. The van der Waals surface area contributed by atoms with Crippen LogP contribution in [0.4, 0.5) is 11.4 Å². The minimum absolute atomic E-state index is 0.0706. The highest BCUT2D eigenvalue weighted by Crippen LogP contribution is 2.35. The van der Waals surface area contributed by atoms with Crippen LogP contribution in [-0.2, 0) is 4.79 Å². The van der Waals surface area contributed by atoms with Crippen molar-refractivity contribution in [2.24, 2.45) is 0 Å². The Morgan fingerprint density at radius 1 is 1.38 bits per heavy atom. The van der Waals surface area contributed by atoms with E-state index in [1.54, 1.807) is 25.1 Å². The Morgan fingerprint density at radius 2 is 2.19 bits per heavy atom. The molecule has 1 aromatic carbocycles. The molecule has 1 unspecified atom stereocenters. The van der Waals surface area contributed by atoms with E-state index in [0.29, 0.717) is 23.3 Å². The number of pyridine rings is 1. The van der Waals surface area contributed by atoms with Gasteiger partial charge in [-0.1, -0.05) is 0 Å². The number of ether oxygens (including phenoxy) is 1. The van der Waals surface area contributed by atoms with Crippen molar-refractivity contribution in [1.29, 1.82) is 0 Å². The SMILES string of the molecule is CC1Oc2ccc(-c3nc4c([N+](=O)[O-])cccn4c3C=O)cc2NC1=O. The third-order valence-corrected chi connectivity index (χ3v) is 4.16. The largest absolute Gasteiger partial charge is 0.479 e. The molecule has 4 rings (SSSR count). The number of nitrogens with one attached hydrogen (secondary N) is 1. The van der Waals surface area contributed by atoms with E-state index >= 15 is 0 Å². The van der Waals surface area contributed by atoms with Crippen molar-refractivity contribution >= 4 is 29.2 Å². The Morgan fingerprint density at radius 3 is 2.92 bits per heavy atom. The van der Waals surface area contributed by atoms with E-state index in [0.717, 1.165) is 0 Å². The zero-order chi connectivity index (χ0) is 18.4. The highest BCUT2D eigenvalue weighted by Gasteiger charge is 2.25. The van der Waals surface area contributed by atoms with E-state index in [-0.39, 0.29) is 28.6 Å². The van der Waals surface area contributed by atoms with Crippen LogP contribution in [-0.4, -0.2) is 32.6 Å². The molecule has 1 amide bonds. The number of carbonyl (C=O) groups excluding carboxylic acids is 2. The summed E-state index contributed by atoms with van der Waals surface area (Å²) in [5, 5.41) is 13.9. The quantitative estimate of drug-likeness (QED) is 0.440. The van der Waals surface area contributed by atoms with Crippen LogP contribution in [0, 0.1) is 10.1 Å². The Bertz CT molecular complexity index is 1090. The molecule has 0 bridgehead atoms. The van der Waals surface area contributed by atoms with Gasteiger partial charge in [-0.3, -0.25) is 24.1 Å². The van der Waals surface area contributed by atoms with E-state index in [1.165, 1.54) is 22.7 Å². The fraction of sp³-hybridized carbons (Fsp3) is 0.118. The van der Waals surface area contributed by atoms with E-state index in [2.05, 4.69) is 10.3 Å². The van der Waals surface area contributed by atoms with Gasteiger partial charge in [0.15, 0.2) is 12.4 Å². The number of fused-ring (bicyclic) bond motifs is 2. The van der Waals surface area contributed by atoms with Crippen LogP contribution >= 0.6 is 0 Å². The number of imidazole rings is 1. The van der Waals surface area contributed by atoms with Gasteiger partial charge in [0.25, 0.3) is 5.91 Å². The molecule has 0 aliphatic carbocycles. The van der Waals surface area contributed by atoms with Gasteiger partial charge in [-0.25, -0.2) is 4.98 Å². The highest BCUT2D eigenvalue weighted by molar-refractivity contribution is 5.98. The van der Waals surface area contributed by atoms with Crippen molar-refractivity contribution in [2.45, 2.75) is 13.0 Å². The molecular weight excluding hydrogens is 340 g/mol. The molecule has 0 fully saturated rings. The van der Waals surface area contributed by atoms with Crippen molar-refractivity contribution in [2.75, 3.05) is 5.32 Å². The lowest BCUT2D eigenvalue weighted by Crippen LogP contribution is -2.34. The molecule has 1 N–H and O–H groups in total. The molecule has 130 valence electrons. The summed E-state index contributed by atoms with van der Waals surface area (Å²) in [5.41, 5.74) is 1.31. The van der Waals surface area contributed by atoms with Crippen molar-refractivity contribution in [3.8, 4) is 17.0 Å². The first kappa shape index (κ1) is 15.8. The van der Waals surface area contributed by atoms with E-state index in [4.69, 9.17) is 4.74 Å². The number of carbonyl (C=O) groups is 2. The Kier molecular flexibility index (Phi) is 3.43. The van der Waals surface area contributed by atoms with Gasteiger partial charge in [-0.2, -0.15) is 0 Å². The number of benzene rings is 1. The second kappa shape index (κ2) is 5.66. The van der Waals surface area contributed by atoms with Gasteiger partial charge in [0.2, 0.25) is 5.65 Å². The first-order chi connectivity index (χ1) is 12.5. The second-order valence-electron chi connectivity index (χ2n) is 5.77. The summed E-state index contributed by atoms with van der Waals surface area (Å²) in [4.78, 5) is 38.4. The number of rotatable bonds is 3. The van der Waals surface area contributed by atoms with E-state index in [1.807, 2.05) is 0 Å². The number of nitrogens with zero attached hydrogens (tertiary/aromatic N) is 3. The van der Waals surface area contributed by atoms with Crippen LogP contribution in [0.3, 0.4) is 0 Å². The van der Waals surface area contributed by atoms with Crippen molar-refractivity contribution in [3.05, 3.63) is 52.3 Å². The van der Waals surface area contributed by atoms with Crippen molar-refractivity contribution in [3.63, 3.8) is 0 Å². The molecule has 9 heteroatoms. The number of amides is 1. The summed E-state index contributed by atoms with van der Waals surface area (Å²) in [6, 6.07) is 7.77. The number of aromatic nitrogens is 2. The lowest BCUT2D eigenvalue weighted by Gasteiger charge is -2.23. The molecule has 0 saturated heterocycles. The van der Waals surface area contributed by atoms with Gasteiger partial charge >= 0.3 is 5.69 Å². The molecule has 9 nitrogen and oxygen atoms in total. The van der Waals surface area contributed by atoms with Crippen molar-refractivity contribution < 1.29 is 19.2 Å². The van der Waals surface area contributed by atoms with Crippen LogP contribution < -0.4 is 10.1 Å². The van der Waals surface area contributed by atoms with Crippen molar-refractivity contribution in [1.82, 2.24) is 9.38 Å². The Labute approximate surface area is 146 Å². The highest BCUT2D eigenvalue weighted by atomic mass is 16.6. The first-order valence-electron chi connectivity index (χ1n) is 7.72. The lowest BCUT2D eigenvalue weighted by atomic mass is 10.1. The lowest BCUT2D eigenvalue weighted by molar-refractivity contribution is -0.383. The molecule has 1 aliphatic rings. The summed E-state index contributed by atoms with van der Waals surface area (Å²) in [5.74, 6) is 0.221. The van der Waals surface area contributed by atoms with Crippen LogP contribution in [0.25, 0.3) is 16.9 Å². The van der Waals surface area contributed by atoms with E-state index < -0.39 is 11.0 Å². The molecule has 2 aromatic heterocycles. The molecular formula is C17H12N4O5. The van der Waals surface area contributed by atoms with Gasteiger partial charge in [0.1, 0.15) is 17.1 Å². The van der Waals surface area contributed by atoms with Gasteiger partial charge in [0.05, 0.1) is 10.6 Å². The van der Waals surface area contributed by atoms with Crippen LogP contribution in [0.2, 0.25) is 0 Å². The molecule has 0 radical (unpaired) electrons. The fourth-order valence-electron chi connectivity index (χ4n) is 2.90. The minimum atomic E-state index is -0.600. The van der Waals surface area contributed by atoms with Gasteiger partial charge in [0, 0.05) is 17.8 Å². The standard InChI is InChI=1S/C17H12N4O5/c1-9-17(23)18-11-7-10(4-5-14(11)26-9)15-13(8-22)20-6-2-3-12(21(24)25)16(20)19-15/h2-9H,1H3,(H,18,23). The monoisotopic (exact) mass is 352 g/mol. The number of hydrogen-bond acceptors (Lipinski definition) is 6. The Balaban J connectivity index is 1.91. The fourth-order valence-corrected chi connectivity index (χ4v) is 2.90. The number of aldehydes is 1. The maximum absolute atomic E-state index is 11.8. The first-order valence-corrected chi connectivity index (χ1v) is 7.72. The Hall–Kier alpha value is -3.75. The average molecular weight is 352 g/mol. The maximum atomic E-state index is 11.8. The zero-order valence-electron chi connectivity index (χ0n) is 13.5. The summed E-state index contributed by atoms with van der Waals surface area (Å²) in [6.45, 7) is 1.64. The molecule has 1 aliphatic heterocycles. The third-order valence-electron chi connectivity index (χ3n) is 4.16. The zero-order valence-corrected chi connectivity index (χ0v) is 13.5. The van der Waals surface area contributed by atoms with Gasteiger partial charge in [-0.15, -0.1) is 0 Å². The summed E-state index contributed by atoms with van der Waals surface area (Å²) in [6.07, 6.45) is 1.53. The molecule has 3 heterocycles. The molecule has 3 aromatic rings. The van der Waals surface area contributed by atoms with E-state index in [9.17, 15) is 19.7 Å². The topological polar surface area (TPSA) is 116 Å². The van der Waals surface area contributed by atoms with Crippen LogP contribution in [0.15, 0.2) is 36.5 Å².